The highest BCUT2D eigenvalue weighted by Crippen LogP contribution is 2.26. The van der Waals surface area contributed by atoms with Gasteiger partial charge in [-0.25, -0.2) is 4.68 Å². The molecule has 2 heterocycles. The number of carbonyl (C=O) groups is 1. The predicted molar refractivity (Wildman–Crippen MR) is 110 cm³/mol. The van der Waals surface area contributed by atoms with Gasteiger partial charge in [0.15, 0.2) is 0 Å². The molecule has 0 bridgehead atoms. The van der Waals surface area contributed by atoms with Crippen LogP contribution in [-0.4, -0.2) is 15.7 Å². The molecule has 1 N–H and O–H groups in total. The lowest BCUT2D eigenvalue weighted by Crippen LogP contribution is -2.34. The molecule has 5 nitrogen and oxygen atoms in total. The molecule has 0 saturated carbocycles. The fourth-order valence-corrected chi connectivity index (χ4v) is 4.02. The zero-order valence-electron chi connectivity index (χ0n) is 14.7. The van der Waals surface area contributed by atoms with Crippen LogP contribution >= 0.6 is 34.5 Å². The molecule has 2 aromatic heterocycles. The summed E-state index contributed by atoms with van der Waals surface area (Å²) in [4.78, 5) is 26.6. The zero-order chi connectivity index (χ0) is 19.6. The molecular formula is C19H17Cl2N3O2S. The van der Waals surface area contributed by atoms with Crippen LogP contribution in [0.1, 0.15) is 23.4 Å². The summed E-state index contributed by atoms with van der Waals surface area (Å²) in [7, 11) is 0. The van der Waals surface area contributed by atoms with Crippen LogP contribution < -0.4 is 10.9 Å². The van der Waals surface area contributed by atoms with E-state index in [2.05, 4.69) is 10.4 Å². The molecule has 0 fully saturated rings. The van der Waals surface area contributed by atoms with Gasteiger partial charge < -0.3 is 5.32 Å². The lowest BCUT2D eigenvalue weighted by atomic mass is 10.1. The zero-order valence-corrected chi connectivity index (χ0v) is 17.0. The molecule has 1 atom stereocenters. The van der Waals surface area contributed by atoms with E-state index in [0.29, 0.717) is 15.7 Å². The van der Waals surface area contributed by atoms with Crippen molar-refractivity contribution in [1.82, 2.24) is 15.1 Å². The number of hydrogen-bond acceptors (Lipinski definition) is 4. The first-order valence-electron chi connectivity index (χ1n) is 8.23. The van der Waals surface area contributed by atoms with Gasteiger partial charge in [0.05, 0.1) is 10.9 Å². The van der Waals surface area contributed by atoms with Crippen molar-refractivity contribution in [2.75, 3.05) is 0 Å². The number of nitrogens with zero attached hydrogens (tertiary/aromatic N) is 2. The maximum Gasteiger partial charge on any atom is 0.267 e. The Balaban J connectivity index is 1.74. The number of carbonyl (C=O) groups excluding carboxylic acids is 1. The summed E-state index contributed by atoms with van der Waals surface area (Å²) in [6.07, 6.45) is 0. The summed E-state index contributed by atoms with van der Waals surface area (Å²) < 4.78 is 1.16. The summed E-state index contributed by atoms with van der Waals surface area (Å²) >= 11 is 13.7. The van der Waals surface area contributed by atoms with Crippen molar-refractivity contribution < 1.29 is 4.79 Å². The summed E-state index contributed by atoms with van der Waals surface area (Å²) in [5.41, 5.74) is 1.08. The Hall–Kier alpha value is -2.15. The van der Waals surface area contributed by atoms with Crippen LogP contribution in [0.25, 0.3) is 10.6 Å². The van der Waals surface area contributed by atoms with Gasteiger partial charge in [0.2, 0.25) is 5.91 Å². The van der Waals surface area contributed by atoms with E-state index in [4.69, 9.17) is 23.2 Å². The number of rotatable bonds is 5. The third-order valence-corrected chi connectivity index (χ3v) is 5.54. The van der Waals surface area contributed by atoms with Crippen LogP contribution in [0.3, 0.4) is 0 Å². The number of nitrogens with one attached hydrogen (secondary N) is 1. The number of benzene rings is 1. The second-order valence-electron chi connectivity index (χ2n) is 6.08. The van der Waals surface area contributed by atoms with E-state index in [1.54, 1.807) is 35.6 Å². The van der Waals surface area contributed by atoms with Crippen molar-refractivity contribution in [2.24, 2.45) is 0 Å². The topological polar surface area (TPSA) is 64.0 Å². The Kier molecular flexibility index (Phi) is 5.99. The molecule has 140 valence electrons. The third-order valence-electron chi connectivity index (χ3n) is 3.96. The number of halogens is 2. The van der Waals surface area contributed by atoms with Gasteiger partial charge in [-0.15, -0.1) is 11.3 Å². The number of aromatic nitrogens is 2. The van der Waals surface area contributed by atoms with E-state index in [9.17, 15) is 9.59 Å². The minimum absolute atomic E-state index is 0.174. The molecule has 0 radical (unpaired) electrons. The van der Waals surface area contributed by atoms with E-state index >= 15 is 0 Å². The van der Waals surface area contributed by atoms with Crippen molar-refractivity contribution in [3.63, 3.8) is 0 Å². The number of thiophene rings is 1. The molecule has 0 spiro atoms. The smallest absolute Gasteiger partial charge is 0.267 e. The first-order chi connectivity index (χ1) is 12.8. The van der Waals surface area contributed by atoms with Crippen molar-refractivity contribution in [2.45, 2.75) is 26.4 Å². The minimum atomic E-state index is -0.334. The second-order valence-corrected chi connectivity index (χ2v) is 8.21. The lowest BCUT2D eigenvalue weighted by molar-refractivity contribution is -0.122. The highest BCUT2D eigenvalue weighted by Gasteiger charge is 2.15. The van der Waals surface area contributed by atoms with E-state index in [0.717, 1.165) is 20.0 Å². The molecule has 1 aromatic carbocycles. The SMILES string of the molecule is Cc1ccc(-c2ccc(=O)n(CC(=O)NC(C)c3ccc(Cl)cc3Cl)n2)s1. The monoisotopic (exact) mass is 421 g/mol. The largest absolute Gasteiger partial charge is 0.348 e. The van der Waals surface area contributed by atoms with E-state index in [1.807, 2.05) is 26.0 Å². The molecule has 0 aliphatic heterocycles. The van der Waals surface area contributed by atoms with Crippen LogP contribution in [0.5, 0.6) is 0 Å². The Morgan fingerprint density at radius 3 is 2.67 bits per heavy atom. The number of hydrogen-bond donors (Lipinski definition) is 1. The van der Waals surface area contributed by atoms with Crippen LogP contribution in [0.4, 0.5) is 0 Å². The third kappa shape index (κ3) is 4.77. The Labute approximate surface area is 170 Å². The van der Waals surface area contributed by atoms with E-state index < -0.39 is 0 Å². The van der Waals surface area contributed by atoms with Gasteiger partial charge in [0, 0.05) is 21.0 Å². The average molecular weight is 422 g/mol. The summed E-state index contributed by atoms with van der Waals surface area (Å²) in [5, 5.41) is 8.15. The minimum Gasteiger partial charge on any atom is -0.348 e. The average Bonchev–Trinajstić information content (AvgIpc) is 3.03. The summed E-state index contributed by atoms with van der Waals surface area (Å²) in [5.74, 6) is -0.331. The second kappa shape index (κ2) is 8.25. The van der Waals surface area contributed by atoms with Crippen LogP contribution in [0.15, 0.2) is 47.3 Å². The Bertz CT molecular complexity index is 1050. The molecule has 1 amide bonds. The molecule has 0 aliphatic rings. The normalized spacial score (nSPS) is 12.0. The lowest BCUT2D eigenvalue weighted by Gasteiger charge is -2.16. The van der Waals surface area contributed by atoms with Gasteiger partial charge in [-0.1, -0.05) is 29.3 Å². The van der Waals surface area contributed by atoms with Crippen molar-refractivity contribution >= 4 is 40.4 Å². The van der Waals surface area contributed by atoms with Crippen molar-refractivity contribution in [3.05, 3.63) is 73.3 Å². The maximum atomic E-state index is 12.4. The molecule has 27 heavy (non-hydrogen) atoms. The Morgan fingerprint density at radius 1 is 1.22 bits per heavy atom. The highest BCUT2D eigenvalue weighted by atomic mass is 35.5. The van der Waals surface area contributed by atoms with Gasteiger partial charge in [-0.3, -0.25) is 9.59 Å². The molecule has 0 aliphatic carbocycles. The van der Waals surface area contributed by atoms with Crippen LogP contribution in [0.2, 0.25) is 10.0 Å². The van der Waals surface area contributed by atoms with Gasteiger partial charge in [0.1, 0.15) is 12.2 Å². The molecule has 3 aromatic rings. The maximum absolute atomic E-state index is 12.4. The molecule has 8 heteroatoms. The van der Waals surface area contributed by atoms with E-state index in [1.165, 1.54) is 6.07 Å². The Morgan fingerprint density at radius 2 is 2.00 bits per heavy atom. The number of amides is 1. The first kappa shape index (κ1) is 19.6. The van der Waals surface area contributed by atoms with Gasteiger partial charge >= 0.3 is 0 Å². The molecule has 1 unspecified atom stereocenters. The fourth-order valence-electron chi connectivity index (χ4n) is 2.62. The quantitative estimate of drug-likeness (QED) is 0.660. The highest BCUT2D eigenvalue weighted by molar-refractivity contribution is 7.15. The molecule has 3 rings (SSSR count). The molecule has 0 saturated heterocycles. The van der Waals surface area contributed by atoms with Gasteiger partial charge in [0.25, 0.3) is 5.56 Å². The van der Waals surface area contributed by atoms with Crippen molar-refractivity contribution in [1.29, 1.82) is 0 Å². The molecular weight excluding hydrogens is 405 g/mol. The predicted octanol–water partition coefficient (Wildman–Crippen LogP) is 4.46. The first-order valence-corrected chi connectivity index (χ1v) is 9.80. The number of aryl methyl sites for hydroxylation is 1. The van der Waals surface area contributed by atoms with Crippen LogP contribution in [0, 0.1) is 6.92 Å². The standard InChI is InChI=1S/C19H17Cl2N3O2S/c1-11-3-7-17(27-11)16-6-8-19(26)24(23-16)10-18(25)22-12(2)14-5-4-13(20)9-15(14)21/h3-9,12H,10H2,1-2H3,(H,22,25). The van der Waals surface area contributed by atoms with Gasteiger partial charge in [-0.05, 0) is 49.7 Å². The van der Waals surface area contributed by atoms with Gasteiger partial charge in [-0.2, -0.15) is 5.10 Å². The van der Waals surface area contributed by atoms with Crippen molar-refractivity contribution in [3.8, 4) is 10.6 Å². The summed E-state index contributed by atoms with van der Waals surface area (Å²) in [6, 6.07) is 11.8. The van der Waals surface area contributed by atoms with E-state index in [-0.39, 0.29) is 24.1 Å². The van der Waals surface area contributed by atoms with Crippen LogP contribution in [-0.2, 0) is 11.3 Å². The summed E-state index contributed by atoms with van der Waals surface area (Å²) in [6.45, 7) is 3.64. The fraction of sp³-hybridized carbons (Fsp3) is 0.211.